The summed E-state index contributed by atoms with van der Waals surface area (Å²) in [4.78, 5) is 0. The number of rotatable bonds is 9. The van der Waals surface area contributed by atoms with E-state index in [1.807, 2.05) is 48.5 Å². The molecule has 0 fully saturated rings. The SMILES string of the molecule is O[C@@H](COCc1ccccc1)[C@@H]1C/C=C\CCC[C@H](COCc2ccccc2)O1. The van der Waals surface area contributed by atoms with Crippen LogP contribution < -0.4 is 0 Å². The quantitative estimate of drug-likeness (QED) is 0.626. The number of aliphatic hydroxyl groups excluding tert-OH is 1. The van der Waals surface area contributed by atoms with Gasteiger partial charge in [0.15, 0.2) is 0 Å². The van der Waals surface area contributed by atoms with Crippen molar-refractivity contribution < 1.29 is 19.3 Å². The van der Waals surface area contributed by atoms with Crippen molar-refractivity contribution in [2.75, 3.05) is 13.2 Å². The fourth-order valence-electron chi connectivity index (χ4n) is 3.41. The topological polar surface area (TPSA) is 47.9 Å². The van der Waals surface area contributed by atoms with Crippen LogP contribution in [0.3, 0.4) is 0 Å². The summed E-state index contributed by atoms with van der Waals surface area (Å²) in [5, 5.41) is 10.7. The summed E-state index contributed by atoms with van der Waals surface area (Å²) >= 11 is 0. The maximum atomic E-state index is 10.7. The number of hydrogen-bond donors (Lipinski definition) is 1. The molecule has 1 N–H and O–H groups in total. The first-order valence-electron chi connectivity index (χ1n) is 10.5. The van der Waals surface area contributed by atoms with Crippen LogP contribution in [0.4, 0.5) is 0 Å². The predicted molar refractivity (Wildman–Crippen MR) is 114 cm³/mol. The largest absolute Gasteiger partial charge is 0.388 e. The number of aliphatic hydroxyl groups is 1. The van der Waals surface area contributed by atoms with Crippen molar-refractivity contribution in [3.8, 4) is 0 Å². The van der Waals surface area contributed by atoms with Crippen LogP contribution in [-0.2, 0) is 27.4 Å². The van der Waals surface area contributed by atoms with Gasteiger partial charge in [0, 0.05) is 0 Å². The number of allylic oxidation sites excluding steroid dienone is 1. The molecule has 3 rings (SSSR count). The minimum absolute atomic E-state index is 0.0209. The van der Waals surface area contributed by atoms with Gasteiger partial charge in [0.1, 0.15) is 6.10 Å². The van der Waals surface area contributed by atoms with Crippen molar-refractivity contribution in [1.82, 2.24) is 0 Å². The first-order chi connectivity index (χ1) is 14.3. The summed E-state index contributed by atoms with van der Waals surface area (Å²) in [5.74, 6) is 0. The highest BCUT2D eigenvalue weighted by molar-refractivity contribution is 5.14. The monoisotopic (exact) mass is 396 g/mol. The molecule has 1 heterocycles. The zero-order valence-electron chi connectivity index (χ0n) is 17.0. The fourth-order valence-corrected chi connectivity index (χ4v) is 3.41. The van der Waals surface area contributed by atoms with Crippen LogP contribution in [0.25, 0.3) is 0 Å². The molecule has 29 heavy (non-hydrogen) atoms. The van der Waals surface area contributed by atoms with E-state index in [-0.39, 0.29) is 18.8 Å². The smallest absolute Gasteiger partial charge is 0.104 e. The first kappa shape index (κ1) is 21.7. The molecule has 0 spiro atoms. The highest BCUT2D eigenvalue weighted by atomic mass is 16.5. The van der Waals surface area contributed by atoms with E-state index >= 15 is 0 Å². The molecule has 0 saturated carbocycles. The lowest BCUT2D eigenvalue weighted by atomic mass is 10.1. The van der Waals surface area contributed by atoms with Gasteiger partial charge in [-0.25, -0.2) is 0 Å². The van der Waals surface area contributed by atoms with Crippen LogP contribution in [0, 0.1) is 0 Å². The molecule has 1 aliphatic rings. The van der Waals surface area contributed by atoms with Crippen molar-refractivity contribution in [1.29, 1.82) is 0 Å². The van der Waals surface area contributed by atoms with E-state index in [0.717, 1.165) is 30.4 Å². The van der Waals surface area contributed by atoms with Gasteiger partial charge in [0.05, 0.1) is 38.6 Å². The van der Waals surface area contributed by atoms with Crippen LogP contribution in [0.2, 0.25) is 0 Å². The second-order valence-corrected chi connectivity index (χ2v) is 7.50. The highest BCUT2D eigenvalue weighted by Gasteiger charge is 2.24. The van der Waals surface area contributed by atoms with Crippen LogP contribution in [0.1, 0.15) is 36.8 Å². The Balaban J connectivity index is 1.47. The first-order valence-corrected chi connectivity index (χ1v) is 10.5. The van der Waals surface area contributed by atoms with Gasteiger partial charge in [-0.2, -0.15) is 0 Å². The summed E-state index contributed by atoms with van der Waals surface area (Å²) in [6, 6.07) is 20.2. The molecule has 4 nitrogen and oxygen atoms in total. The van der Waals surface area contributed by atoms with Crippen LogP contribution in [0.5, 0.6) is 0 Å². The van der Waals surface area contributed by atoms with Crippen molar-refractivity contribution >= 4 is 0 Å². The number of benzene rings is 2. The van der Waals surface area contributed by atoms with Crippen molar-refractivity contribution in [2.45, 2.75) is 57.2 Å². The lowest BCUT2D eigenvalue weighted by Gasteiger charge is -2.27. The fraction of sp³-hybridized carbons (Fsp3) is 0.440. The van der Waals surface area contributed by atoms with Gasteiger partial charge in [-0.05, 0) is 36.8 Å². The predicted octanol–water partition coefficient (Wildman–Crippen LogP) is 4.66. The Labute approximate surface area is 174 Å². The van der Waals surface area contributed by atoms with E-state index in [4.69, 9.17) is 14.2 Å². The molecule has 0 amide bonds. The molecule has 0 aliphatic carbocycles. The zero-order valence-corrected chi connectivity index (χ0v) is 17.0. The molecule has 4 heteroatoms. The zero-order chi connectivity index (χ0) is 20.2. The maximum Gasteiger partial charge on any atom is 0.104 e. The molecule has 0 radical (unpaired) electrons. The summed E-state index contributed by atoms with van der Waals surface area (Å²) in [7, 11) is 0. The van der Waals surface area contributed by atoms with Gasteiger partial charge in [-0.1, -0.05) is 72.8 Å². The molecule has 0 unspecified atom stereocenters. The van der Waals surface area contributed by atoms with Crippen LogP contribution in [0.15, 0.2) is 72.8 Å². The molecule has 0 aromatic heterocycles. The summed E-state index contributed by atoms with van der Waals surface area (Å²) in [6.07, 6.45) is 7.02. The van der Waals surface area contributed by atoms with E-state index < -0.39 is 6.10 Å². The van der Waals surface area contributed by atoms with E-state index in [1.54, 1.807) is 0 Å². The van der Waals surface area contributed by atoms with Gasteiger partial charge >= 0.3 is 0 Å². The minimum atomic E-state index is -0.668. The van der Waals surface area contributed by atoms with Gasteiger partial charge < -0.3 is 19.3 Å². The third-order valence-electron chi connectivity index (χ3n) is 5.04. The van der Waals surface area contributed by atoms with E-state index in [1.165, 1.54) is 0 Å². The van der Waals surface area contributed by atoms with Gasteiger partial charge in [0.25, 0.3) is 0 Å². The van der Waals surface area contributed by atoms with E-state index in [0.29, 0.717) is 26.2 Å². The molecule has 2 aromatic carbocycles. The summed E-state index contributed by atoms with van der Waals surface area (Å²) in [5.41, 5.74) is 2.25. The lowest BCUT2D eigenvalue weighted by Crippen LogP contribution is -2.37. The Morgan fingerprint density at radius 3 is 2.24 bits per heavy atom. The molecule has 0 saturated heterocycles. The Morgan fingerprint density at radius 2 is 1.55 bits per heavy atom. The lowest BCUT2D eigenvalue weighted by molar-refractivity contribution is -0.121. The van der Waals surface area contributed by atoms with Gasteiger partial charge in [0.2, 0.25) is 0 Å². The Morgan fingerprint density at radius 1 is 0.897 bits per heavy atom. The van der Waals surface area contributed by atoms with Crippen LogP contribution in [-0.4, -0.2) is 36.6 Å². The van der Waals surface area contributed by atoms with Crippen LogP contribution >= 0.6 is 0 Å². The van der Waals surface area contributed by atoms with Crippen molar-refractivity contribution in [3.05, 3.63) is 83.9 Å². The molecular formula is C25H32O4. The third-order valence-corrected chi connectivity index (χ3v) is 5.04. The number of hydrogen-bond acceptors (Lipinski definition) is 4. The summed E-state index contributed by atoms with van der Waals surface area (Å²) in [6.45, 7) is 1.85. The Bertz CT molecular complexity index is 701. The number of ether oxygens (including phenoxy) is 3. The van der Waals surface area contributed by atoms with Gasteiger partial charge in [-0.15, -0.1) is 0 Å². The maximum absolute atomic E-state index is 10.7. The summed E-state index contributed by atoms with van der Waals surface area (Å²) < 4.78 is 17.9. The third kappa shape index (κ3) is 8.11. The highest BCUT2D eigenvalue weighted by Crippen LogP contribution is 2.18. The minimum Gasteiger partial charge on any atom is -0.388 e. The average molecular weight is 397 g/mol. The molecular weight excluding hydrogens is 364 g/mol. The molecule has 1 aliphatic heterocycles. The molecule has 0 bridgehead atoms. The average Bonchev–Trinajstić information content (AvgIpc) is 2.87. The second kappa shape index (κ2) is 12.6. The Kier molecular flexibility index (Phi) is 9.40. The standard InChI is InChI=1S/C25H32O4/c26-24(20-28-18-22-13-7-4-8-14-22)25-16-10-2-1-9-15-23(29-25)19-27-17-21-11-5-3-6-12-21/h2-8,10-14,23-26H,1,9,15-20H2/b10-2-/t23-,24+,25+/m1/s1. The van der Waals surface area contributed by atoms with Crippen molar-refractivity contribution in [3.63, 3.8) is 0 Å². The molecule has 156 valence electrons. The van der Waals surface area contributed by atoms with E-state index in [2.05, 4.69) is 24.3 Å². The molecule has 3 atom stereocenters. The van der Waals surface area contributed by atoms with E-state index in [9.17, 15) is 5.11 Å². The van der Waals surface area contributed by atoms with Crippen molar-refractivity contribution in [2.24, 2.45) is 0 Å². The van der Waals surface area contributed by atoms with Gasteiger partial charge in [-0.3, -0.25) is 0 Å². The normalized spacial score (nSPS) is 22.2. The Hall–Kier alpha value is -1.98. The molecule has 2 aromatic rings. The second-order valence-electron chi connectivity index (χ2n) is 7.50.